The van der Waals surface area contributed by atoms with Crippen molar-refractivity contribution < 1.29 is 4.74 Å². The zero-order valence-corrected chi connectivity index (χ0v) is 13.5. The van der Waals surface area contributed by atoms with Gasteiger partial charge in [0.15, 0.2) is 5.82 Å². The highest BCUT2D eigenvalue weighted by atomic mass is 35.5. The number of nitrogens with zero attached hydrogens (tertiary/aromatic N) is 4. The van der Waals surface area contributed by atoms with Crippen LogP contribution >= 0.6 is 23.4 Å². The van der Waals surface area contributed by atoms with Gasteiger partial charge >= 0.3 is 0 Å². The van der Waals surface area contributed by atoms with Crippen molar-refractivity contribution in [2.75, 3.05) is 13.1 Å². The molecule has 114 valence electrons. The van der Waals surface area contributed by atoms with E-state index in [0.717, 1.165) is 0 Å². The number of unbranched alkanes of at least 4 members (excludes halogenated alkanes) is 3. The summed E-state index contributed by atoms with van der Waals surface area (Å²) in [5, 5.41) is 0. The topological polar surface area (TPSA) is 51.1 Å². The zero-order chi connectivity index (χ0) is 14.8. The molecule has 2 atom stereocenters. The number of morpholine rings is 1. The van der Waals surface area contributed by atoms with Gasteiger partial charge in [-0.1, -0.05) is 51.1 Å². The Bertz CT molecular complexity index is 341. The largest absolute Gasteiger partial charge is 0.348 e. The fraction of sp³-hybridized carbons (Fsp3) is 0.769. The number of ether oxygens (including phenoxy) is 1. The Labute approximate surface area is 130 Å². The minimum atomic E-state index is -0.428. The molecule has 2 heterocycles. The third-order valence-electron chi connectivity index (χ3n) is 2.78. The van der Waals surface area contributed by atoms with E-state index < -0.39 is 5.56 Å². The molecule has 0 bridgehead atoms. The molecule has 1 aromatic heterocycles. The number of halogens is 2. The standard InChI is InChI=1S/C7H8Cl2N4O.C6H14/c8-6-2-13(9)1-5(14-6)7-11-3-10-4-12-7;1-3-5-6-4-2/h3-6H,1-2H2;3-6H2,1-2H3. The molecule has 5 nitrogen and oxygen atoms in total. The predicted octanol–water partition coefficient (Wildman–Crippen LogP) is 3.55. The van der Waals surface area contributed by atoms with Gasteiger partial charge in [-0.25, -0.2) is 19.4 Å². The molecule has 2 rings (SSSR count). The lowest BCUT2D eigenvalue weighted by molar-refractivity contribution is -0.0296. The summed E-state index contributed by atoms with van der Waals surface area (Å²) in [5.74, 6) is 0.552. The smallest absolute Gasteiger partial charge is 0.162 e. The summed E-state index contributed by atoms with van der Waals surface area (Å²) in [4.78, 5) is 11.7. The third kappa shape index (κ3) is 6.79. The number of aromatic nitrogens is 3. The van der Waals surface area contributed by atoms with E-state index >= 15 is 0 Å². The number of rotatable bonds is 4. The predicted molar refractivity (Wildman–Crippen MR) is 80.5 cm³/mol. The highest BCUT2D eigenvalue weighted by Crippen LogP contribution is 2.24. The van der Waals surface area contributed by atoms with Crippen molar-refractivity contribution in [2.45, 2.75) is 51.2 Å². The van der Waals surface area contributed by atoms with Gasteiger partial charge in [-0.3, -0.25) is 0 Å². The molecule has 0 aliphatic carbocycles. The monoisotopic (exact) mass is 320 g/mol. The van der Waals surface area contributed by atoms with Gasteiger partial charge in [0.1, 0.15) is 24.3 Å². The lowest BCUT2D eigenvalue weighted by atomic mass is 10.2. The highest BCUT2D eigenvalue weighted by Gasteiger charge is 2.28. The van der Waals surface area contributed by atoms with E-state index in [4.69, 9.17) is 28.1 Å². The first-order valence-corrected chi connectivity index (χ1v) is 7.77. The molecule has 7 heteroatoms. The first-order chi connectivity index (χ1) is 9.67. The Morgan fingerprint density at radius 1 is 1.20 bits per heavy atom. The molecule has 0 spiro atoms. The maximum Gasteiger partial charge on any atom is 0.162 e. The molecule has 0 saturated carbocycles. The third-order valence-corrected chi connectivity index (χ3v) is 3.29. The minimum absolute atomic E-state index is 0.285. The fourth-order valence-electron chi connectivity index (χ4n) is 1.73. The summed E-state index contributed by atoms with van der Waals surface area (Å²) in [6.07, 6.45) is 8.09. The Morgan fingerprint density at radius 2 is 1.80 bits per heavy atom. The van der Waals surface area contributed by atoms with E-state index in [1.807, 2.05) is 0 Å². The fourth-order valence-corrected chi connectivity index (χ4v) is 2.34. The van der Waals surface area contributed by atoms with Crippen molar-refractivity contribution in [2.24, 2.45) is 0 Å². The van der Waals surface area contributed by atoms with Crippen molar-refractivity contribution >= 4 is 23.4 Å². The molecule has 1 saturated heterocycles. The van der Waals surface area contributed by atoms with Crippen molar-refractivity contribution in [3.05, 3.63) is 18.5 Å². The van der Waals surface area contributed by atoms with Gasteiger partial charge in [-0.15, -0.1) is 0 Å². The summed E-state index contributed by atoms with van der Waals surface area (Å²) in [6, 6.07) is 0. The normalized spacial score (nSPS) is 23.0. The van der Waals surface area contributed by atoms with Gasteiger partial charge in [0, 0.05) is 6.54 Å². The first-order valence-electron chi connectivity index (χ1n) is 6.99. The summed E-state index contributed by atoms with van der Waals surface area (Å²) < 4.78 is 6.99. The van der Waals surface area contributed by atoms with Gasteiger partial charge in [0.2, 0.25) is 0 Å². The maximum atomic E-state index is 5.85. The van der Waals surface area contributed by atoms with E-state index in [0.29, 0.717) is 18.9 Å². The van der Waals surface area contributed by atoms with E-state index in [1.54, 1.807) is 4.42 Å². The van der Waals surface area contributed by atoms with Gasteiger partial charge in [-0.05, 0) is 11.8 Å². The molecule has 2 unspecified atom stereocenters. The molecule has 1 aliphatic heterocycles. The van der Waals surface area contributed by atoms with Gasteiger partial charge in [0.05, 0.1) is 6.54 Å². The number of alkyl halides is 1. The van der Waals surface area contributed by atoms with Crippen molar-refractivity contribution in [3.63, 3.8) is 0 Å². The summed E-state index contributed by atoms with van der Waals surface area (Å²) in [6.45, 7) is 5.48. The highest BCUT2D eigenvalue weighted by molar-refractivity contribution is 6.20. The average molecular weight is 321 g/mol. The van der Waals surface area contributed by atoms with Crippen LogP contribution in [-0.2, 0) is 4.74 Å². The van der Waals surface area contributed by atoms with Crippen LogP contribution in [0.4, 0.5) is 0 Å². The minimum Gasteiger partial charge on any atom is -0.348 e. The molecule has 1 aliphatic rings. The lowest BCUT2D eigenvalue weighted by Crippen LogP contribution is -2.37. The van der Waals surface area contributed by atoms with Crippen LogP contribution in [0.25, 0.3) is 0 Å². The molecule has 1 fully saturated rings. The lowest BCUT2D eigenvalue weighted by Gasteiger charge is -2.30. The van der Waals surface area contributed by atoms with Crippen LogP contribution in [0.3, 0.4) is 0 Å². The van der Waals surface area contributed by atoms with Crippen molar-refractivity contribution in [1.82, 2.24) is 19.4 Å². The summed E-state index contributed by atoms with van der Waals surface area (Å²) in [7, 11) is 0. The SMILES string of the molecule is CCCCCC.ClC1CN(Cl)CC(c2ncncn2)O1. The van der Waals surface area contributed by atoms with Crippen molar-refractivity contribution in [1.29, 1.82) is 0 Å². The van der Waals surface area contributed by atoms with Crippen LogP contribution in [0, 0.1) is 0 Å². The molecular formula is C13H22Cl2N4O. The van der Waals surface area contributed by atoms with Crippen molar-refractivity contribution in [3.8, 4) is 0 Å². The van der Waals surface area contributed by atoms with Crippen LogP contribution < -0.4 is 0 Å². The summed E-state index contributed by atoms with van der Waals surface area (Å²) in [5.41, 5.74) is -0.428. The Morgan fingerprint density at radius 3 is 2.30 bits per heavy atom. The van der Waals surface area contributed by atoms with E-state index in [9.17, 15) is 0 Å². The second-order valence-electron chi connectivity index (χ2n) is 4.57. The Balaban J connectivity index is 0.000000286. The van der Waals surface area contributed by atoms with Crippen LogP contribution in [0.2, 0.25) is 0 Å². The first kappa shape index (κ1) is 17.6. The number of hydrogen-bond acceptors (Lipinski definition) is 5. The van der Waals surface area contributed by atoms with E-state index in [2.05, 4.69) is 28.8 Å². The molecular weight excluding hydrogens is 299 g/mol. The molecule has 0 radical (unpaired) electrons. The Kier molecular flexibility index (Phi) is 9.02. The number of hydrogen-bond donors (Lipinski definition) is 0. The summed E-state index contributed by atoms with van der Waals surface area (Å²) >= 11 is 11.7. The van der Waals surface area contributed by atoms with E-state index in [-0.39, 0.29) is 6.10 Å². The van der Waals surface area contributed by atoms with Crippen LogP contribution in [-0.4, -0.2) is 38.0 Å². The molecule has 20 heavy (non-hydrogen) atoms. The second kappa shape index (κ2) is 10.3. The van der Waals surface area contributed by atoms with Gasteiger partial charge in [-0.2, -0.15) is 0 Å². The molecule has 1 aromatic rings. The maximum absolute atomic E-state index is 5.85. The van der Waals surface area contributed by atoms with Gasteiger partial charge < -0.3 is 4.74 Å². The molecule has 0 N–H and O–H groups in total. The van der Waals surface area contributed by atoms with E-state index in [1.165, 1.54) is 38.3 Å². The second-order valence-corrected chi connectivity index (χ2v) is 5.53. The van der Waals surface area contributed by atoms with Gasteiger partial charge in [0.25, 0.3) is 0 Å². The van der Waals surface area contributed by atoms with Crippen LogP contribution in [0.5, 0.6) is 0 Å². The average Bonchev–Trinajstić information content (AvgIpc) is 2.46. The Hall–Kier alpha value is -0.490. The molecule has 0 aromatic carbocycles. The van der Waals surface area contributed by atoms with Crippen LogP contribution in [0.15, 0.2) is 12.7 Å². The molecule has 0 amide bonds. The zero-order valence-electron chi connectivity index (χ0n) is 12.0. The quantitative estimate of drug-likeness (QED) is 0.482. The van der Waals surface area contributed by atoms with Crippen LogP contribution in [0.1, 0.15) is 51.5 Å².